The lowest BCUT2D eigenvalue weighted by Crippen LogP contribution is -2.16. The fraction of sp³-hybridized carbons (Fsp3) is 0.191. The summed E-state index contributed by atoms with van der Waals surface area (Å²) in [7, 11) is 8.83. The number of hydrogen-bond acceptors (Lipinski definition) is 4. The largest absolute Gasteiger partial charge is 0.344 e. The maximum absolute atomic E-state index is 2.48. The third kappa shape index (κ3) is 9.92. The maximum atomic E-state index is 2.48. The van der Waals surface area contributed by atoms with Crippen LogP contribution in [0.5, 0.6) is 0 Å². The molecule has 0 aromatic heterocycles. The Balaban J connectivity index is 0.0000000982. The van der Waals surface area contributed by atoms with Crippen LogP contribution in [0.2, 0.25) is 0 Å². The van der Waals surface area contributed by atoms with E-state index in [2.05, 4.69) is 342 Å². The van der Waals surface area contributed by atoms with Gasteiger partial charge in [0.05, 0.1) is 5.69 Å². The first kappa shape index (κ1) is 60.9. The van der Waals surface area contributed by atoms with E-state index < -0.39 is 0 Å². The number of rotatable bonds is 0. The van der Waals surface area contributed by atoms with Crippen molar-refractivity contribution in [2.75, 3.05) is 47.8 Å². The van der Waals surface area contributed by atoms with Gasteiger partial charge >= 0.3 is 0 Å². The average molecular weight is 1270 g/mol. The fourth-order valence-corrected chi connectivity index (χ4v) is 18.0. The summed E-state index contributed by atoms with van der Waals surface area (Å²) in [5, 5.41) is 10.9. The Kier molecular flexibility index (Phi) is 15.0. The molecule has 0 N–H and O–H groups in total. The van der Waals surface area contributed by atoms with Gasteiger partial charge in [0.25, 0.3) is 0 Å². The highest BCUT2D eigenvalue weighted by Crippen LogP contribution is 2.55. The first-order valence-electron chi connectivity index (χ1n) is 35.5. The number of benzene rings is 14. The molecule has 0 atom stereocenters. The molecule has 0 unspecified atom stereocenters. The van der Waals surface area contributed by atoms with Crippen LogP contribution in [0.25, 0.3) is 65.3 Å². The predicted molar refractivity (Wildman–Crippen MR) is 419 cm³/mol. The molecule has 98 heavy (non-hydrogen) atoms. The van der Waals surface area contributed by atoms with Crippen LogP contribution in [0.3, 0.4) is 0 Å². The van der Waals surface area contributed by atoms with E-state index in [-0.39, 0.29) is 10.8 Å². The van der Waals surface area contributed by atoms with E-state index in [9.17, 15) is 0 Å². The Labute approximate surface area is 578 Å². The number of fused-ring (bicyclic) bond motifs is 24. The van der Waals surface area contributed by atoms with Gasteiger partial charge in [0.1, 0.15) is 0 Å². The number of para-hydroxylation sites is 4. The van der Waals surface area contributed by atoms with Crippen LogP contribution >= 0.6 is 0 Å². The molecule has 0 bridgehead atoms. The van der Waals surface area contributed by atoms with Crippen LogP contribution in [-0.2, 0) is 62.2 Å². The monoisotopic (exact) mass is 1270 g/mol. The van der Waals surface area contributed by atoms with Crippen molar-refractivity contribution >= 4 is 88.6 Å². The lowest BCUT2D eigenvalue weighted by molar-refractivity contribution is 0.659. The molecule has 6 aliphatic rings. The van der Waals surface area contributed by atoms with Gasteiger partial charge in [-0.25, -0.2) is 0 Å². The van der Waals surface area contributed by atoms with Gasteiger partial charge in [-0.1, -0.05) is 252 Å². The summed E-state index contributed by atoms with van der Waals surface area (Å²) in [6.45, 7) is 9.44. The van der Waals surface area contributed by atoms with Gasteiger partial charge in [-0.2, -0.15) is 0 Å². The van der Waals surface area contributed by atoms with E-state index >= 15 is 0 Å². The molecule has 20 rings (SSSR count). The third-order valence-electron chi connectivity index (χ3n) is 23.0. The molecule has 2 aliphatic carbocycles. The van der Waals surface area contributed by atoms with E-state index in [1.165, 1.54) is 178 Å². The van der Waals surface area contributed by atoms with Crippen LogP contribution in [0, 0.1) is 0 Å². The summed E-state index contributed by atoms with van der Waals surface area (Å²) in [5.74, 6) is 0. The fourth-order valence-electron chi connectivity index (χ4n) is 18.0. The molecule has 480 valence electrons. The van der Waals surface area contributed by atoms with Gasteiger partial charge < -0.3 is 19.6 Å². The molecule has 4 nitrogen and oxygen atoms in total. The van der Waals surface area contributed by atoms with Gasteiger partial charge in [-0.05, 0) is 221 Å². The molecular weight excluding hydrogens is 1190 g/mol. The minimum atomic E-state index is 0.0820. The van der Waals surface area contributed by atoms with Crippen LogP contribution in [0.4, 0.5) is 45.5 Å². The Morgan fingerprint density at radius 3 is 1.29 bits per heavy atom. The number of anilines is 8. The van der Waals surface area contributed by atoms with Crippen LogP contribution in [0.15, 0.2) is 267 Å². The number of aryl methyl sites for hydroxylation is 7. The molecular formula is C94H84N4. The van der Waals surface area contributed by atoms with Crippen LogP contribution < -0.4 is 19.6 Å². The molecule has 4 aliphatic heterocycles. The topological polar surface area (TPSA) is 13.0 Å². The van der Waals surface area contributed by atoms with E-state index in [1.807, 2.05) is 0 Å². The van der Waals surface area contributed by atoms with Gasteiger partial charge in [-0.15, -0.1) is 0 Å². The molecule has 0 amide bonds. The average Bonchev–Trinajstić information content (AvgIpc) is 1.55. The summed E-state index contributed by atoms with van der Waals surface area (Å²) in [4.78, 5) is 9.52. The van der Waals surface area contributed by atoms with E-state index in [0.717, 1.165) is 51.4 Å². The first-order chi connectivity index (χ1) is 47.8. The predicted octanol–water partition coefficient (Wildman–Crippen LogP) is 23.4. The van der Waals surface area contributed by atoms with Crippen molar-refractivity contribution in [1.82, 2.24) is 0 Å². The van der Waals surface area contributed by atoms with Gasteiger partial charge in [0.15, 0.2) is 0 Å². The summed E-state index contributed by atoms with van der Waals surface area (Å²) >= 11 is 0. The normalized spacial score (nSPS) is 15.1. The van der Waals surface area contributed by atoms with Crippen molar-refractivity contribution in [3.63, 3.8) is 0 Å². The lowest BCUT2D eigenvalue weighted by atomic mass is 9.81. The zero-order valence-corrected chi connectivity index (χ0v) is 57.8. The summed E-state index contributed by atoms with van der Waals surface area (Å²) in [5.41, 5.74) is 34.2. The van der Waals surface area contributed by atoms with Gasteiger partial charge in [0.2, 0.25) is 0 Å². The standard InChI is InChI=1S/2C24H23N.2C23H19N/c1-24(2)20-10-6-5-9-18(20)19-15-23-17(14-21(19)24)13-12-16-8-4-7-11-22(16)25(23)3;1-24(2)19-10-6-5-9-17(19)23-18-13-12-16-8-4-7-11-21(16)25(3)22(18)15-14-20(23)24;1-24-22-13-7-2-8-16(22)14-15-21-19-11-4-3-9-17(19)18-10-5-6-12-20(18)23(21)24;1-24-21-9-5-3-7-17(21)12-14-20-22(24)15-13-18-11-10-16-6-2-4-8-19(16)23(18)20/h2*4-11,14-15H,12-13H2,1-3H3;2-13H,14-15H2,1H3;2-11,13,15H,12,14H2,1H3. The summed E-state index contributed by atoms with van der Waals surface area (Å²) < 4.78 is 0. The zero-order chi connectivity index (χ0) is 66.6. The van der Waals surface area contributed by atoms with Crippen molar-refractivity contribution in [3.8, 4) is 22.3 Å². The van der Waals surface area contributed by atoms with Crippen molar-refractivity contribution in [2.45, 2.75) is 89.9 Å². The summed E-state index contributed by atoms with van der Waals surface area (Å²) in [6, 6.07) is 98.2. The molecule has 14 aromatic rings. The van der Waals surface area contributed by atoms with Crippen molar-refractivity contribution in [2.24, 2.45) is 0 Å². The Bertz CT molecular complexity index is 5480. The Morgan fingerprint density at radius 1 is 0.245 bits per heavy atom. The van der Waals surface area contributed by atoms with Gasteiger partial charge in [0, 0.05) is 84.2 Å². The highest BCUT2D eigenvalue weighted by Gasteiger charge is 2.39. The Hall–Kier alpha value is -10.7. The highest BCUT2D eigenvalue weighted by atomic mass is 15.1. The minimum Gasteiger partial charge on any atom is -0.344 e. The molecule has 0 fully saturated rings. The van der Waals surface area contributed by atoms with Gasteiger partial charge in [-0.3, -0.25) is 0 Å². The smallest absolute Gasteiger partial charge is 0.0526 e. The second-order valence-corrected chi connectivity index (χ2v) is 29.0. The molecule has 4 heteroatoms. The molecule has 0 saturated carbocycles. The van der Waals surface area contributed by atoms with E-state index in [4.69, 9.17) is 0 Å². The van der Waals surface area contributed by atoms with Crippen molar-refractivity contribution in [1.29, 1.82) is 0 Å². The molecule has 4 heterocycles. The van der Waals surface area contributed by atoms with E-state index in [1.54, 1.807) is 0 Å². The van der Waals surface area contributed by atoms with Crippen molar-refractivity contribution in [3.05, 3.63) is 334 Å². The second-order valence-electron chi connectivity index (χ2n) is 29.0. The molecule has 14 aromatic carbocycles. The van der Waals surface area contributed by atoms with Crippen LogP contribution in [-0.4, -0.2) is 28.2 Å². The number of hydrogen-bond donors (Lipinski definition) is 0. The maximum Gasteiger partial charge on any atom is 0.0526 e. The zero-order valence-electron chi connectivity index (χ0n) is 57.8. The Morgan fingerprint density at radius 2 is 0.653 bits per heavy atom. The first-order valence-corrected chi connectivity index (χ1v) is 35.5. The van der Waals surface area contributed by atoms with Crippen LogP contribution in [0.1, 0.15) is 94.5 Å². The molecule has 0 radical (unpaired) electrons. The number of nitrogens with zero attached hydrogens (tertiary/aromatic N) is 4. The van der Waals surface area contributed by atoms with E-state index in [0.29, 0.717) is 0 Å². The third-order valence-corrected chi connectivity index (χ3v) is 23.0. The van der Waals surface area contributed by atoms with Crippen molar-refractivity contribution < 1.29 is 0 Å². The quantitative estimate of drug-likeness (QED) is 0.140. The molecule has 0 spiro atoms. The summed E-state index contributed by atoms with van der Waals surface area (Å²) in [6.07, 6.45) is 8.78. The SMILES string of the molecule is CN1c2ccccc2CCc2c1c1ccccc1c1ccccc21.CN1c2ccccc2CCc2c1ccc1c2-c2ccccc2C1(C)C.CN1c2ccccc2CCc2c1ccc1ccc3ccccc3c21.CN1c2ccccc2CCc2cc3c(cc21)-c1ccccc1C3(C)C. The highest BCUT2D eigenvalue weighted by molar-refractivity contribution is 6.16. The molecule has 0 saturated heterocycles. The second kappa shape index (κ2) is 24.1. The minimum absolute atomic E-state index is 0.0820. The lowest BCUT2D eigenvalue weighted by Gasteiger charge is -2.25.